The first-order chi connectivity index (χ1) is 8.34. The maximum absolute atomic E-state index is 12.4. The van der Waals surface area contributed by atoms with Gasteiger partial charge in [-0.3, -0.25) is 0 Å². The summed E-state index contributed by atoms with van der Waals surface area (Å²) in [7, 11) is 1.84. The summed E-state index contributed by atoms with van der Waals surface area (Å²) in [5.74, 6) is 0.593. The molecule has 18 heavy (non-hydrogen) atoms. The standard InChI is InChI=1S/C14H20F3N/c1-10(2)4-9-13(18-3)11-5-7-12(8-6-11)14(15,16)17/h5-8,10,13,18H,4,9H2,1-3H3. The second kappa shape index (κ2) is 6.23. The number of hydrogen-bond donors (Lipinski definition) is 1. The van der Waals surface area contributed by atoms with E-state index in [1.165, 1.54) is 0 Å². The molecule has 1 aromatic rings. The quantitative estimate of drug-likeness (QED) is 0.826. The second-order valence-electron chi connectivity index (χ2n) is 4.93. The van der Waals surface area contributed by atoms with E-state index in [0.29, 0.717) is 5.92 Å². The number of hydrogen-bond acceptors (Lipinski definition) is 1. The largest absolute Gasteiger partial charge is 0.416 e. The van der Waals surface area contributed by atoms with E-state index in [1.807, 2.05) is 7.05 Å². The summed E-state index contributed by atoms with van der Waals surface area (Å²) in [6.07, 6.45) is -2.28. The Labute approximate surface area is 106 Å². The molecule has 0 spiro atoms. The molecule has 1 unspecified atom stereocenters. The zero-order chi connectivity index (χ0) is 13.8. The van der Waals surface area contributed by atoms with Gasteiger partial charge in [-0.15, -0.1) is 0 Å². The van der Waals surface area contributed by atoms with Gasteiger partial charge < -0.3 is 5.32 Å². The first kappa shape index (κ1) is 15.0. The molecule has 1 rings (SSSR count). The molecular formula is C14H20F3N. The lowest BCUT2D eigenvalue weighted by atomic mass is 9.97. The Bertz CT molecular complexity index is 354. The van der Waals surface area contributed by atoms with Crippen molar-refractivity contribution in [2.45, 2.75) is 38.9 Å². The molecule has 1 aromatic carbocycles. The third-order valence-corrected chi connectivity index (χ3v) is 3.02. The van der Waals surface area contributed by atoms with Crippen LogP contribution in [0.4, 0.5) is 13.2 Å². The third-order valence-electron chi connectivity index (χ3n) is 3.02. The molecule has 0 bridgehead atoms. The van der Waals surface area contributed by atoms with Gasteiger partial charge in [0.1, 0.15) is 0 Å². The molecule has 0 amide bonds. The topological polar surface area (TPSA) is 12.0 Å². The molecule has 0 aliphatic rings. The highest BCUT2D eigenvalue weighted by Crippen LogP contribution is 2.30. The summed E-state index contributed by atoms with van der Waals surface area (Å²) in [6, 6.07) is 5.54. The van der Waals surface area contributed by atoms with Crippen LogP contribution in [-0.2, 0) is 6.18 Å². The van der Waals surface area contributed by atoms with E-state index in [-0.39, 0.29) is 6.04 Å². The van der Waals surface area contributed by atoms with E-state index >= 15 is 0 Å². The highest BCUT2D eigenvalue weighted by atomic mass is 19.4. The Morgan fingerprint density at radius 2 is 1.61 bits per heavy atom. The van der Waals surface area contributed by atoms with Crippen LogP contribution in [0.15, 0.2) is 24.3 Å². The molecule has 0 aliphatic carbocycles. The van der Waals surface area contributed by atoms with Gasteiger partial charge in [-0.05, 0) is 43.5 Å². The van der Waals surface area contributed by atoms with Gasteiger partial charge in [0.25, 0.3) is 0 Å². The average molecular weight is 259 g/mol. The van der Waals surface area contributed by atoms with Crippen molar-refractivity contribution < 1.29 is 13.2 Å². The molecule has 102 valence electrons. The minimum atomic E-state index is -4.26. The predicted octanol–water partition coefficient (Wildman–Crippen LogP) is 4.40. The molecule has 0 aromatic heterocycles. The van der Waals surface area contributed by atoms with Crippen LogP contribution in [0.5, 0.6) is 0 Å². The van der Waals surface area contributed by atoms with E-state index in [4.69, 9.17) is 0 Å². The van der Waals surface area contributed by atoms with Crippen molar-refractivity contribution in [2.75, 3.05) is 7.05 Å². The summed E-state index contributed by atoms with van der Waals surface area (Å²) in [4.78, 5) is 0. The summed E-state index contributed by atoms with van der Waals surface area (Å²) in [5.41, 5.74) is 0.316. The lowest BCUT2D eigenvalue weighted by Gasteiger charge is -2.18. The Hall–Kier alpha value is -1.03. The fourth-order valence-corrected chi connectivity index (χ4v) is 1.88. The first-order valence-corrected chi connectivity index (χ1v) is 6.19. The van der Waals surface area contributed by atoms with Crippen molar-refractivity contribution in [3.63, 3.8) is 0 Å². The number of alkyl halides is 3. The van der Waals surface area contributed by atoms with Gasteiger partial charge in [0.05, 0.1) is 5.56 Å². The molecular weight excluding hydrogens is 239 g/mol. The normalized spacial score (nSPS) is 13.9. The number of halogens is 3. The van der Waals surface area contributed by atoms with Crippen LogP contribution in [0.2, 0.25) is 0 Å². The molecule has 0 aliphatic heterocycles. The minimum absolute atomic E-state index is 0.120. The predicted molar refractivity (Wildman–Crippen MR) is 67.3 cm³/mol. The Kier molecular flexibility index (Phi) is 5.20. The smallest absolute Gasteiger partial charge is 0.313 e. The van der Waals surface area contributed by atoms with Crippen molar-refractivity contribution in [3.8, 4) is 0 Å². The van der Waals surface area contributed by atoms with E-state index in [9.17, 15) is 13.2 Å². The monoisotopic (exact) mass is 259 g/mol. The van der Waals surface area contributed by atoms with Crippen LogP contribution >= 0.6 is 0 Å². The highest BCUT2D eigenvalue weighted by Gasteiger charge is 2.30. The van der Waals surface area contributed by atoms with Crippen molar-refractivity contribution >= 4 is 0 Å². The van der Waals surface area contributed by atoms with Crippen molar-refractivity contribution in [2.24, 2.45) is 5.92 Å². The maximum atomic E-state index is 12.4. The fraction of sp³-hybridized carbons (Fsp3) is 0.571. The van der Waals surface area contributed by atoms with Gasteiger partial charge in [-0.25, -0.2) is 0 Å². The van der Waals surface area contributed by atoms with E-state index in [0.717, 1.165) is 30.5 Å². The SMILES string of the molecule is CNC(CCC(C)C)c1ccc(C(F)(F)F)cc1. The lowest BCUT2D eigenvalue weighted by Crippen LogP contribution is -2.17. The fourth-order valence-electron chi connectivity index (χ4n) is 1.88. The molecule has 1 N–H and O–H groups in total. The number of nitrogens with one attached hydrogen (secondary N) is 1. The van der Waals surface area contributed by atoms with Gasteiger partial charge >= 0.3 is 6.18 Å². The maximum Gasteiger partial charge on any atom is 0.416 e. The van der Waals surface area contributed by atoms with Crippen LogP contribution in [0.1, 0.15) is 43.9 Å². The Morgan fingerprint density at radius 3 is 2.00 bits per heavy atom. The van der Waals surface area contributed by atoms with Gasteiger partial charge in [0.15, 0.2) is 0 Å². The van der Waals surface area contributed by atoms with Crippen LogP contribution in [-0.4, -0.2) is 7.05 Å². The summed E-state index contributed by atoms with van der Waals surface area (Å²) >= 11 is 0. The average Bonchev–Trinajstić information content (AvgIpc) is 2.29. The molecule has 0 saturated carbocycles. The molecule has 0 heterocycles. The van der Waals surface area contributed by atoms with Crippen LogP contribution in [0.3, 0.4) is 0 Å². The number of benzene rings is 1. The van der Waals surface area contributed by atoms with Crippen LogP contribution < -0.4 is 5.32 Å². The molecule has 1 nitrogen and oxygen atoms in total. The van der Waals surface area contributed by atoms with Gasteiger partial charge in [0, 0.05) is 6.04 Å². The zero-order valence-electron chi connectivity index (χ0n) is 11.0. The Morgan fingerprint density at radius 1 is 1.06 bits per heavy atom. The first-order valence-electron chi connectivity index (χ1n) is 6.19. The molecule has 0 saturated heterocycles. The summed E-state index contributed by atoms with van der Waals surface area (Å²) in [6.45, 7) is 4.28. The second-order valence-corrected chi connectivity index (χ2v) is 4.93. The van der Waals surface area contributed by atoms with Gasteiger partial charge in [0.2, 0.25) is 0 Å². The van der Waals surface area contributed by atoms with E-state index < -0.39 is 11.7 Å². The molecule has 0 radical (unpaired) electrons. The van der Waals surface area contributed by atoms with E-state index in [1.54, 1.807) is 12.1 Å². The minimum Gasteiger partial charge on any atom is -0.313 e. The zero-order valence-corrected chi connectivity index (χ0v) is 11.0. The van der Waals surface area contributed by atoms with E-state index in [2.05, 4.69) is 19.2 Å². The summed E-state index contributed by atoms with van der Waals surface area (Å²) < 4.78 is 37.3. The lowest BCUT2D eigenvalue weighted by molar-refractivity contribution is -0.137. The van der Waals surface area contributed by atoms with Crippen molar-refractivity contribution in [1.82, 2.24) is 5.32 Å². The third kappa shape index (κ3) is 4.33. The molecule has 0 fully saturated rings. The van der Waals surface area contributed by atoms with Crippen LogP contribution in [0.25, 0.3) is 0 Å². The van der Waals surface area contributed by atoms with Crippen molar-refractivity contribution in [3.05, 3.63) is 35.4 Å². The summed E-state index contributed by atoms with van der Waals surface area (Å²) in [5, 5.41) is 3.15. The number of rotatable bonds is 5. The molecule has 4 heteroatoms. The molecule has 1 atom stereocenters. The highest BCUT2D eigenvalue weighted by molar-refractivity contribution is 5.26. The van der Waals surface area contributed by atoms with Crippen molar-refractivity contribution in [1.29, 1.82) is 0 Å². The van der Waals surface area contributed by atoms with Gasteiger partial charge in [-0.2, -0.15) is 13.2 Å². The van der Waals surface area contributed by atoms with Crippen LogP contribution in [0, 0.1) is 5.92 Å². The Balaban J connectivity index is 2.76. The van der Waals surface area contributed by atoms with Gasteiger partial charge in [-0.1, -0.05) is 26.0 Å².